The molecule has 4 nitrogen and oxygen atoms in total. The molecule has 1 aliphatic rings. The molecule has 18 heavy (non-hydrogen) atoms. The standard InChI is InChI=1S/C12H15ClN2O2S/c13-8-11(16)14-9-3-5-15(6-4-9)12(17)10-2-1-7-18-10/h1-2,7,9H,3-6,8H2,(H,14,16). The number of thiophene rings is 1. The molecule has 0 spiro atoms. The summed E-state index contributed by atoms with van der Waals surface area (Å²) in [5.74, 6) is -0.0549. The Hall–Kier alpha value is -1.07. The molecule has 0 saturated carbocycles. The molecule has 1 aromatic rings. The largest absolute Gasteiger partial charge is 0.352 e. The van der Waals surface area contributed by atoms with Crippen LogP contribution < -0.4 is 5.32 Å². The third-order valence-electron chi connectivity index (χ3n) is 3.00. The third-order valence-corrected chi connectivity index (χ3v) is 4.10. The molecule has 1 N–H and O–H groups in total. The van der Waals surface area contributed by atoms with Gasteiger partial charge in [-0.2, -0.15) is 0 Å². The summed E-state index contributed by atoms with van der Waals surface area (Å²) in [6.07, 6.45) is 1.58. The molecule has 0 atom stereocenters. The second-order valence-electron chi connectivity index (χ2n) is 4.24. The fraction of sp³-hybridized carbons (Fsp3) is 0.500. The lowest BCUT2D eigenvalue weighted by Crippen LogP contribution is -2.46. The fourth-order valence-corrected chi connectivity index (χ4v) is 2.82. The maximum atomic E-state index is 12.1. The van der Waals surface area contributed by atoms with Crippen molar-refractivity contribution in [1.29, 1.82) is 0 Å². The Balaban J connectivity index is 1.83. The quantitative estimate of drug-likeness (QED) is 0.860. The van der Waals surface area contributed by atoms with Gasteiger partial charge in [0.2, 0.25) is 5.91 Å². The molecule has 0 bridgehead atoms. The number of hydrogen-bond acceptors (Lipinski definition) is 3. The van der Waals surface area contributed by atoms with E-state index in [9.17, 15) is 9.59 Å². The molecule has 0 unspecified atom stereocenters. The third kappa shape index (κ3) is 3.23. The van der Waals surface area contributed by atoms with Gasteiger partial charge in [0.15, 0.2) is 0 Å². The second kappa shape index (κ2) is 6.20. The smallest absolute Gasteiger partial charge is 0.263 e. The lowest BCUT2D eigenvalue weighted by Gasteiger charge is -2.32. The summed E-state index contributed by atoms with van der Waals surface area (Å²) < 4.78 is 0. The van der Waals surface area contributed by atoms with Crippen LogP contribution in [0.25, 0.3) is 0 Å². The maximum Gasteiger partial charge on any atom is 0.263 e. The first-order valence-corrected chi connectivity index (χ1v) is 7.30. The molecule has 0 aliphatic carbocycles. The van der Waals surface area contributed by atoms with E-state index in [0.29, 0.717) is 13.1 Å². The van der Waals surface area contributed by atoms with Crippen molar-refractivity contribution in [3.63, 3.8) is 0 Å². The number of likely N-dealkylation sites (tertiary alicyclic amines) is 1. The number of hydrogen-bond donors (Lipinski definition) is 1. The molecule has 0 radical (unpaired) electrons. The van der Waals surface area contributed by atoms with E-state index in [1.165, 1.54) is 11.3 Å². The summed E-state index contributed by atoms with van der Waals surface area (Å²) >= 11 is 6.90. The molecule has 1 aliphatic heterocycles. The van der Waals surface area contributed by atoms with Crippen molar-refractivity contribution in [2.75, 3.05) is 19.0 Å². The zero-order valence-electron chi connectivity index (χ0n) is 9.89. The monoisotopic (exact) mass is 286 g/mol. The molecule has 2 heterocycles. The van der Waals surface area contributed by atoms with Gasteiger partial charge in [0, 0.05) is 19.1 Å². The summed E-state index contributed by atoms with van der Waals surface area (Å²) in [4.78, 5) is 25.9. The molecule has 1 fully saturated rings. The van der Waals surface area contributed by atoms with Crippen LogP contribution in [0.15, 0.2) is 17.5 Å². The van der Waals surface area contributed by atoms with Crippen molar-refractivity contribution in [3.05, 3.63) is 22.4 Å². The number of piperidine rings is 1. The molecule has 98 valence electrons. The van der Waals surface area contributed by atoms with Gasteiger partial charge in [-0.3, -0.25) is 9.59 Å². The molecule has 0 aromatic carbocycles. The predicted molar refractivity (Wildman–Crippen MR) is 72.1 cm³/mol. The van der Waals surface area contributed by atoms with Gasteiger partial charge in [-0.15, -0.1) is 22.9 Å². The Labute approximate surface area is 115 Å². The zero-order valence-corrected chi connectivity index (χ0v) is 11.5. The van der Waals surface area contributed by atoms with Crippen LogP contribution in [0.4, 0.5) is 0 Å². The lowest BCUT2D eigenvalue weighted by molar-refractivity contribution is -0.119. The van der Waals surface area contributed by atoms with Crippen molar-refractivity contribution < 1.29 is 9.59 Å². The van der Waals surface area contributed by atoms with Gasteiger partial charge in [-0.1, -0.05) is 6.07 Å². The van der Waals surface area contributed by atoms with Crippen LogP contribution in [0.5, 0.6) is 0 Å². The first-order chi connectivity index (χ1) is 8.70. The van der Waals surface area contributed by atoms with Gasteiger partial charge in [0.05, 0.1) is 4.88 Å². The van der Waals surface area contributed by atoms with Crippen LogP contribution in [0.2, 0.25) is 0 Å². The van der Waals surface area contributed by atoms with E-state index in [-0.39, 0.29) is 23.7 Å². The average molecular weight is 287 g/mol. The maximum absolute atomic E-state index is 12.1. The SMILES string of the molecule is O=C(CCl)NC1CCN(C(=O)c2cccs2)CC1. The highest BCUT2D eigenvalue weighted by Gasteiger charge is 2.24. The number of rotatable bonds is 3. The Morgan fingerprint density at radius 3 is 2.72 bits per heavy atom. The lowest BCUT2D eigenvalue weighted by atomic mass is 10.0. The Kier molecular flexibility index (Phi) is 4.60. The van der Waals surface area contributed by atoms with Gasteiger partial charge in [0.1, 0.15) is 5.88 Å². The number of alkyl halides is 1. The topological polar surface area (TPSA) is 49.4 Å². The highest BCUT2D eigenvalue weighted by Crippen LogP contribution is 2.17. The number of carbonyl (C=O) groups is 2. The van der Waals surface area contributed by atoms with Gasteiger partial charge < -0.3 is 10.2 Å². The molecule has 2 rings (SSSR count). The van der Waals surface area contributed by atoms with Crippen LogP contribution in [0, 0.1) is 0 Å². The van der Waals surface area contributed by atoms with Crippen molar-refractivity contribution >= 4 is 34.8 Å². The molecule has 1 saturated heterocycles. The average Bonchev–Trinajstić information content (AvgIpc) is 2.92. The molecule has 2 amide bonds. The van der Waals surface area contributed by atoms with Crippen LogP contribution in [-0.4, -0.2) is 41.7 Å². The van der Waals surface area contributed by atoms with Gasteiger partial charge in [-0.25, -0.2) is 0 Å². The number of carbonyl (C=O) groups excluding carboxylic acids is 2. The second-order valence-corrected chi connectivity index (χ2v) is 5.46. The first-order valence-electron chi connectivity index (χ1n) is 5.89. The summed E-state index contributed by atoms with van der Waals surface area (Å²) in [6.45, 7) is 1.37. The van der Waals surface area contributed by atoms with E-state index in [0.717, 1.165) is 17.7 Å². The van der Waals surface area contributed by atoms with Crippen LogP contribution in [0.3, 0.4) is 0 Å². The van der Waals surface area contributed by atoms with E-state index in [4.69, 9.17) is 11.6 Å². The highest BCUT2D eigenvalue weighted by atomic mass is 35.5. The Bertz CT molecular complexity index is 414. The summed E-state index contributed by atoms with van der Waals surface area (Å²) in [5.41, 5.74) is 0. The Morgan fingerprint density at radius 2 is 2.17 bits per heavy atom. The number of nitrogens with one attached hydrogen (secondary N) is 1. The van der Waals surface area contributed by atoms with E-state index >= 15 is 0 Å². The van der Waals surface area contributed by atoms with Crippen molar-refractivity contribution in [3.8, 4) is 0 Å². The molecule has 1 aromatic heterocycles. The fourth-order valence-electron chi connectivity index (χ4n) is 2.05. The number of halogens is 1. The number of nitrogens with zero attached hydrogens (tertiary/aromatic N) is 1. The van der Waals surface area contributed by atoms with Crippen molar-refractivity contribution in [2.24, 2.45) is 0 Å². The highest BCUT2D eigenvalue weighted by molar-refractivity contribution is 7.12. The minimum atomic E-state index is -0.139. The molecular weight excluding hydrogens is 272 g/mol. The van der Waals surface area contributed by atoms with Crippen molar-refractivity contribution in [1.82, 2.24) is 10.2 Å². The summed E-state index contributed by atoms with van der Waals surface area (Å²) in [5, 5.41) is 4.76. The van der Waals surface area contributed by atoms with Crippen LogP contribution in [-0.2, 0) is 4.79 Å². The number of amides is 2. The molecular formula is C12H15ClN2O2S. The first kappa shape index (κ1) is 13.4. The van der Waals surface area contributed by atoms with Crippen LogP contribution in [0.1, 0.15) is 22.5 Å². The minimum Gasteiger partial charge on any atom is -0.352 e. The van der Waals surface area contributed by atoms with Gasteiger partial charge in [0.25, 0.3) is 5.91 Å². The van der Waals surface area contributed by atoms with Crippen molar-refractivity contribution in [2.45, 2.75) is 18.9 Å². The van der Waals surface area contributed by atoms with E-state index in [2.05, 4.69) is 5.32 Å². The van der Waals surface area contributed by atoms with E-state index in [1.54, 1.807) is 0 Å². The minimum absolute atomic E-state index is 0.00561. The van der Waals surface area contributed by atoms with E-state index < -0.39 is 0 Å². The summed E-state index contributed by atoms with van der Waals surface area (Å²) in [6, 6.07) is 3.86. The van der Waals surface area contributed by atoms with Crippen LogP contribution >= 0.6 is 22.9 Å². The predicted octanol–water partition coefficient (Wildman–Crippen LogP) is 1.71. The molecule has 6 heteroatoms. The summed E-state index contributed by atoms with van der Waals surface area (Å²) in [7, 11) is 0. The Morgan fingerprint density at radius 1 is 1.44 bits per heavy atom. The van der Waals surface area contributed by atoms with Gasteiger partial charge in [-0.05, 0) is 24.3 Å². The normalized spacial score (nSPS) is 16.6. The van der Waals surface area contributed by atoms with E-state index in [1.807, 2.05) is 22.4 Å². The zero-order chi connectivity index (χ0) is 13.0. The van der Waals surface area contributed by atoms with Gasteiger partial charge >= 0.3 is 0 Å².